The van der Waals surface area contributed by atoms with Gasteiger partial charge in [-0.25, -0.2) is 4.79 Å². The maximum absolute atomic E-state index is 10.6. The topological polar surface area (TPSA) is 97.7 Å². The third-order valence-corrected chi connectivity index (χ3v) is 2.32. The number of hydrogen-bond donors (Lipinski definition) is 3. The van der Waals surface area contributed by atoms with Crippen molar-refractivity contribution in [1.82, 2.24) is 5.32 Å². The van der Waals surface area contributed by atoms with E-state index in [4.69, 9.17) is 14.9 Å². The number of nitrogens with two attached hydrogens (primary N) is 1. The lowest BCUT2D eigenvalue weighted by atomic mass is 10.3. The average molecular weight is 242 g/mol. The second-order valence-electron chi connectivity index (χ2n) is 3.89. The number of primary amides is 1. The van der Waals surface area contributed by atoms with Crippen LogP contribution >= 0.6 is 0 Å². The highest BCUT2D eigenvalue weighted by Crippen LogP contribution is 2.21. The summed E-state index contributed by atoms with van der Waals surface area (Å²) in [7, 11) is 0. The molecule has 0 spiro atoms. The van der Waals surface area contributed by atoms with Crippen LogP contribution in [0.25, 0.3) is 0 Å². The third kappa shape index (κ3) is 4.08. The number of hydrogen-bond acceptors (Lipinski definition) is 4. The van der Waals surface area contributed by atoms with Gasteiger partial charge < -0.3 is 25.3 Å². The largest absolute Gasteiger partial charge is 0.464 e. The predicted molar refractivity (Wildman–Crippen MR) is 61.1 cm³/mol. The Bertz CT molecular complexity index is 377. The van der Waals surface area contributed by atoms with Gasteiger partial charge in [-0.05, 0) is 32.9 Å². The lowest BCUT2D eigenvalue weighted by Gasteiger charge is -2.22. The summed E-state index contributed by atoms with van der Waals surface area (Å²) >= 11 is 0. The number of ether oxygens (including phenoxy) is 1. The minimum Gasteiger partial charge on any atom is -0.464 e. The molecule has 4 N–H and O–H groups in total. The van der Waals surface area contributed by atoms with Crippen LogP contribution in [0.4, 0.5) is 4.79 Å². The summed E-state index contributed by atoms with van der Waals surface area (Å²) < 4.78 is 10.9. The van der Waals surface area contributed by atoms with E-state index in [2.05, 4.69) is 5.32 Å². The predicted octanol–water partition coefficient (Wildman–Crippen LogP) is 1.04. The molecule has 1 rings (SSSR count). The maximum Gasteiger partial charge on any atom is 0.314 e. The molecule has 0 aromatic carbocycles. The van der Waals surface area contributed by atoms with Crippen LogP contribution in [0.15, 0.2) is 16.5 Å². The summed E-state index contributed by atoms with van der Waals surface area (Å²) in [4.78, 5) is 10.6. The number of carbonyl (C=O) groups excluding carboxylic acids is 1. The van der Waals surface area contributed by atoms with Crippen LogP contribution in [-0.4, -0.2) is 23.5 Å². The molecular weight excluding hydrogens is 224 g/mol. The summed E-state index contributed by atoms with van der Waals surface area (Å²) in [5, 5.41) is 11.7. The SMILES string of the molecule is Cc1ccc(C(C)OC(C)C(O)NC(N)=O)o1. The number of furan rings is 1. The molecule has 2 amide bonds. The van der Waals surface area contributed by atoms with E-state index in [1.54, 1.807) is 19.9 Å². The monoisotopic (exact) mass is 242 g/mol. The van der Waals surface area contributed by atoms with Crippen LogP contribution in [0.5, 0.6) is 0 Å². The fourth-order valence-electron chi connectivity index (χ4n) is 1.40. The number of nitrogens with one attached hydrogen (secondary N) is 1. The molecule has 0 saturated heterocycles. The molecule has 3 atom stereocenters. The van der Waals surface area contributed by atoms with Crippen LogP contribution in [-0.2, 0) is 4.74 Å². The third-order valence-electron chi connectivity index (χ3n) is 2.32. The summed E-state index contributed by atoms with van der Waals surface area (Å²) in [6.45, 7) is 5.27. The molecule has 1 aromatic rings. The van der Waals surface area contributed by atoms with Crippen molar-refractivity contribution in [2.45, 2.75) is 39.2 Å². The molecule has 0 aliphatic heterocycles. The van der Waals surface area contributed by atoms with E-state index in [0.717, 1.165) is 5.76 Å². The molecule has 1 heterocycles. The quantitative estimate of drug-likeness (QED) is 0.672. The Morgan fingerprint density at radius 1 is 1.53 bits per heavy atom. The highest BCUT2D eigenvalue weighted by molar-refractivity contribution is 5.71. The lowest BCUT2D eigenvalue weighted by molar-refractivity contribution is -0.0751. The number of carbonyl (C=O) groups is 1. The molecule has 6 heteroatoms. The van der Waals surface area contributed by atoms with Crippen LogP contribution in [0.1, 0.15) is 31.5 Å². The molecule has 0 aliphatic carbocycles. The Hall–Kier alpha value is -1.53. The molecule has 3 unspecified atom stereocenters. The van der Waals surface area contributed by atoms with Crippen molar-refractivity contribution in [3.8, 4) is 0 Å². The highest BCUT2D eigenvalue weighted by Gasteiger charge is 2.20. The van der Waals surface area contributed by atoms with E-state index in [0.29, 0.717) is 5.76 Å². The maximum atomic E-state index is 10.6. The van der Waals surface area contributed by atoms with Gasteiger partial charge in [-0.2, -0.15) is 0 Å². The van der Waals surface area contributed by atoms with Crippen LogP contribution in [0, 0.1) is 6.92 Å². The standard InChI is InChI=1S/C11H18N2O4/c1-6-4-5-9(16-6)7(2)17-8(3)10(14)13-11(12)15/h4-5,7-8,10,14H,1-3H3,(H3,12,13,15). The first kappa shape index (κ1) is 13.5. The number of aryl methyl sites for hydroxylation is 1. The van der Waals surface area contributed by atoms with Gasteiger partial charge in [-0.3, -0.25) is 0 Å². The summed E-state index contributed by atoms with van der Waals surface area (Å²) in [5.74, 6) is 1.46. The molecular formula is C11H18N2O4. The number of urea groups is 1. The van der Waals surface area contributed by atoms with Gasteiger partial charge in [-0.15, -0.1) is 0 Å². The zero-order chi connectivity index (χ0) is 13.0. The van der Waals surface area contributed by atoms with Crippen LogP contribution in [0.3, 0.4) is 0 Å². The van der Waals surface area contributed by atoms with Crippen molar-refractivity contribution in [3.63, 3.8) is 0 Å². The van der Waals surface area contributed by atoms with E-state index < -0.39 is 18.4 Å². The summed E-state index contributed by atoms with van der Waals surface area (Å²) in [6.07, 6.45) is -2.06. The normalized spacial score (nSPS) is 16.2. The summed E-state index contributed by atoms with van der Waals surface area (Å²) in [6, 6.07) is 2.84. The number of rotatable bonds is 5. The van der Waals surface area contributed by atoms with Crippen molar-refractivity contribution < 1.29 is 19.1 Å². The van der Waals surface area contributed by atoms with E-state index >= 15 is 0 Å². The minimum atomic E-state index is -1.15. The second kappa shape index (κ2) is 5.70. The van der Waals surface area contributed by atoms with Crippen molar-refractivity contribution in [2.75, 3.05) is 0 Å². The first-order chi connectivity index (χ1) is 7.90. The van der Waals surface area contributed by atoms with Crippen molar-refractivity contribution in [3.05, 3.63) is 23.7 Å². The van der Waals surface area contributed by atoms with Crippen molar-refractivity contribution in [1.29, 1.82) is 0 Å². The smallest absolute Gasteiger partial charge is 0.314 e. The lowest BCUT2D eigenvalue weighted by Crippen LogP contribution is -2.45. The number of amides is 2. The molecule has 0 radical (unpaired) electrons. The van der Waals surface area contributed by atoms with Gasteiger partial charge in [0.1, 0.15) is 23.7 Å². The van der Waals surface area contributed by atoms with E-state index in [9.17, 15) is 9.90 Å². The van der Waals surface area contributed by atoms with Gasteiger partial charge in [0, 0.05) is 0 Å². The van der Waals surface area contributed by atoms with Crippen molar-refractivity contribution >= 4 is 6.03 Å². The van der Waals surface area contributed by atoms with Crippen LogP contribution < -0.4 is 11.1 Å². The molecule has 1 aromatic heterocycles. The van der Waals surface area contributed by atoms with E-state index in [-0.39, 0.29) is 6.10 Å². The number of aliphatic hydroxyl groups is 1. The Morgan fingerprint density at radius 3 is 2.65 bits per heavy atom. The average Bonchev–Trinajstić information content (AvgIpc) is 2.63. The molecule has 0 fully saturated rings. The molecule has 0 saturated carbocycles. The van der Waals surface area contributed by atoms with Gasteiger partial charge in [0.15, 0.2) is 6.23 Å². The van der Waals surface area contributed by atoms with Gasteiger partial charge in [0.2, 0.25) is 0 Å². The fraction of sp³-hybridized carbons (Fsp3) is 0.545. The van der Waals surface area contributed by atoms with Gasteiger partial charge in [0.25, 0.3) is 0 Å². The molecule has 96 valence electrons. The Morgan fingerprint density at radius 2 is 2.18 bits per heavy atom. The molecule has 0 aliphatic rings. The minimum absolute atomic E-state index is 0.317. The molecule has 0 bridgehead atoms. The Labute approximate surface area is 99.7 Å². The Balaban J connectivity index is 2.50. The van der Waals surface area contributed by atoms with Crippen LogP contribution in [0.2, 0.25) is 0 Å². The van der Waals surface area contributed by atoms with Gasteiger partial charge in [-0.1, -0.05) is 0 Å². The second-order valence-corrected chi connectivity index (χ2v) is 3.89. The zero-order valence-corrected chi connectivity index (χ0v) is 10.1. The number of aliphatic hydroxyl groups excluding tert-OH is 1. The van der Waals surface area contributed by atoms with Crippen molar-refractivity contribution in [2.24, 2.45) is 5.73 Å². The first-order valence-electron chi connectivity index (χ1n) is 5.36. The van der Waals surface area contributed by atoms with E-state index in [1.807, 2.05) is 13.0 Å². The Kier molecular flexibility index (Phi) is 4.53. The van der Waals surface area contributed by atoms with Gasteiger partial charge >= 0.3 is 6.03 Å². The zero-order valence-electron chi connectivity index (χ0n) is 10.1. The highest BCUT2D eigenvalue weighted by atomic mass is 16.5. The summed E-state index contributed by atoms with van der Waals surface area (Å²) in [5.41, 5.74) is 4.89. The molecule has 17 heavy (non-hydrogen) atoms. The van der Waals surface area contributed by atoms with E-state index in [1.165, 1.54) is 0 Å². The molecule has 6 nitrogen and oxygen atoms in total. The first-order valence-corrected chi connectivity index (χ1v) is 5.36. The van der Waals surface area contributed by atoms with Gasteiger partial charge in [0.05, 0.1) is 0 Å². The fourth-order valence-corrected chi connectivity index (χ4v) is 1.40.